The molecule has 5 heteroatoms. The summed E-state index contributed by atoms with van der Waals surface area (Å²) in [5.41, 5.74) is 5.32. The molecule has 0 aromatic heterocycles. The lowest BCUT2D eigenvalue weighted by Gasteiger charge is -2.28. The number of benzene rings is 2. The summed E-state index contributed by atoms with van der Waals surface area (Å²) in [4.78, 5) is 12.4. The van der Waals surface area contributed by atoms with Crippen molar-refractivity contribution >= 4 is 5.97 Å². The topological polar surface area (TPSA) is 54.0 Å². The number of esters is 1. The first-order valence-corrected chi connectivity index (χ1v) is 10.2. The third-order valence-electron chi connectivity index (χ3n) is 5.74. The summed E-state index contributed by atoms with van der Waals surface area (Å²) in [5.74, 6) is -0.123. The molecule has 1 saturated heterocycles. The van der Waals surface area contributed by atoms with Crippen molar-refractivity contribution < 1.29 is 23.7 Å². The van der Waals surface area contributed by atoms with Crippen LogP contribution < -0.4 is 0 Å². The predicted octanol–water partition coefficient (Wildman–Crippen LogP) is 3.66. The molecule has 154 valence electrons. The zero-order chi connectivity index (χ0) is 20.2. The van der Waals surface area contributed by atoms with Gasteiger partial charge >= 0.3 is 5.97 Å². The van der Waals surface area contributed by atoms with Gasteiger partial charge in [0, 0.05) is 13.0 Å². The van der Waals surface area contributed by atoms with Crippen molar-refractivity contribution in [3.05, 3.63) is 59.7 Å². The van der Waals surface area contributed by atoms with E-state index in [-0.39, 0.29) is 24.6 Å². The van der Waals surface area contributed by atoms with Crippen molar-refractivity contribution in [2.45, 2.75) is 18.9 Å². The number of carbonyl (C=O) groups excluding carboxylic acids is 1. The smallest absolute Gasteiger partial charge is 0.314 e. The van der Waals surface area contributed by atoms with Gasteiger partial charge in [-0.3, -0.25) is 4.79 Å². The molecule has 29 heavy (non-hydrogen) atoms. The van der Waals surface area contributed by atoms with E-state index in [1.807, 2.05) is 0 Å². The molecule has 2 atom stereocenters. The van der Waals surface area contributed by atoms with Crippen molar-refractivity contribution in [3.8, 4) is 11.1 Å². The number of carbonyl (C=O) groups is 1. The third-order valence-corrected chi connectivity index (χ3v) is 5.74. The van der Waals surface area contributed by atoms with Crippen LogP contribution in [-0.4, -0.2) is 52.2 Å². The summed E-state index contributed by atoms with van der Waals surface area (Å²) < 4.78 is 21.7. The summed E-state index contributed by atoms with van der Waals surface area (Å²) in [5, 5.41) is 0. The molecule has 0 saturated carbocycles. The zero-order valence-corrected chi connectivity index (χ0v) is 17.0. The molecule has 5 nitrogen and oxygen atoms in total. The van der Waals surface area contributed by atoms with E-state index in [9.17, 15) is 4.79 Å². The van der Waals surface area contributed by atoms with Crippen LogP contribution in [0.5, 0.6) is 0 Å². The molecule has 2 aromatic carbocycles. The minimum atomic E-state index is -0.420. The molecule has 0 bridgehead atoms. The molecule has 1 fully saturated rings. The van der Waals surface area contributed by atoms with Gasteiger partial charge in [0.25, 0.3) is 0 Å². The van der Waals surface area contributed by atoms with Gasteiger partial charge in [-0.1, -0.05) is 55.5 Å². The van der Waals surface area contributed by atoms with E-state index >= 15 is 0 Å². The van der Waals surface area contributed by atoms with Crippen LogP contribution in [0.2, 0.25) is 0 Å². The van der Waals surface area contributed by atoms with E-state index in [1.165, 1.54) is 22.3 Å². The van der Waals surface area contributed by atoms with Gasteiger partial charge in [0.1, 0.15) is 12.0 Å². The van der Waals surface area contributed by atoms with Crippen molar-refractivity contribution in [2.24, 2.45) is 11.8 Å². The lowest BCUT2D eigenvalue weighted by atomic mass is 9.86. The van der Waals surface area contributed by atoms with Crippen molar-refractivity contribution in [3.63, 3.8) is 0 Å². The zero-order valence-electron chi connectivity index (χ0n) is 17.0. The van der Waals surface area contributed by atoms with Crippen LogP contribution in [0, 0.1) is 11.8 Å². The lowest BCUT2D eigenvalue weighted by Crippen LogP contribution is -2.41. The first kappa shape index (κ1) is 20.1. The summed E-state index contributed by atoms with van der Waals surface area (Å²) >= 11 is 0. The highest BCUT2D eigenvalue weighted by atomic mass is 16.6. The second-order valence-electron chi connectivity index (χ2n) is 7.92. The normalized spacial score (nSPS) is 17.9. The molecular weight excluding hydrogens is 368 g/mol. The van der Waals surface area contributed by atoms with Gasteiger partial charge in [-0.2, -0.15) is 0 Å². The Morgan fingerprint density at radius 3 is 2.17 bits per heavy atom. The van der Waals surface area contributed by atoms with E-state index in [0.717, 1.165) is 0 Å². The SMILES string of the molecule is COCC(COCC(C)C1c2ccccc2-c2ccccc21)C(=O)OC1COC1. The summed E-state index contributed by atoms with van der Waals surface area (Å²) in [6.45, 7) is 4.30. The molecule has 0 spiro atoms. The predicted molar refractivity (Wildman–Crippen MR) is 110 cm³/mol. The Hall–Kier alpha value is -2.21. The molecule has 0 amide bonds. The molecule has 1 aliphatic carbocycles. The Balaban J connectivity index is 1.39. The Labute approximate surface area is 171 Å². The van der Waals surface area contributed by atoms with Crippen LogP contribution >= 0.6 is 0 Å². The molecule has 4 rings (SSSR count). The number of rotatable bonds is 9. The summed E-state index contributed by atoms with van der Waals surface area (Å²) in [7, 11) is 1.59. The Morgan fingerprint density at radius 1 is 1.00 bits per heavy atom. The molecule has 0 N–H and O–H groups in total. The summed E-state index contributed by atoms with van der Waals surface area (Å²) in [6, 6.07) is 17.2. The number of hydrogen-bond donors (Lipinski definition) is 0. The molecule has 2 aromatic rings. The fraction of sp³-hybridized carbons (Fsp3) is 0.458. The quantitative estimate of drug-likeness (QED) is 0.606. The minimum absolute atomic E-state index is 0.132. The van der Waals surface area contributed by atoms with Crippen LogP contribution in [0.25, 0.3) is 11.1 Å². The Bertz CT molecular complexity index is 799. The second-order valence-corrected chi connectivity index (χ2v) is 7.92. The molecule has 1 heterocycles. The number of fused-ring (bicyclic) bond motifs is 3. The maximum absolute atomic E-state index is 12.4. The lowest BCUT2D eigenvalue weighted by molar-refractivity contribution is -0.180. The molecule has 0 radical (unpaired) electrons. The standard InChI is InChI=1S/C24H28O5/c1-16(11-27-13-17(12-26-2)24(25)29-18-14-28-15-18)23-21-9-5-3-7-19(21)20-8-4-6-10-22(20)23/h3-10,16-18,23H,11-15H2,1-2H3. The minimum Gasteiger partial charge on any atom is -0.457 e. The highest BCUT2D eigenvalue weighted by Crippen LogP contribution is 2.47. The van der Waals surface area contributed by atoms with E-state index < -0.39 is 5.92 Å². The van der Waals surface area contributed by atoms with Gasteiger partial charge in [-0.15, -0.1) is 0 Å². The van der Waals surface area contributed by atoms with Crippen molar-refractivity contribution in [1.82, 2.24) is 0 Å². The Morgan fingerprint density at radius 2 is 1.62 bits per heavy atom. The fourth-order valence-electron chi connectivity index (χ4n) is 4.23. The largest absolute Gasteiger partial charge is 0.457 e. The highest BCUT2D eigenvalue weighted by Gasteiger charge is 2.33. The van der Waals surface area contributed by atoms with Gasteiger partial charge in [0.05, 0.1) is 33.0 Å². The van der Waals surface area contributed by atoms with Crippen LogP contribution in [0.4, 0.5) is 0 Å². The van der Waals surface area contributed by atoms with Crippen LogP contribution in [0.3, 0.4) is 0 Å². The first-order valence-electron chi connectivity index (χ1n) is 10.2. The van der Waals surface area contributed by atoms with Gasteiger partial charge < -0.3 is 18.9 Å². The van der Waals surface area contributed by atoms with Gasteiger partial charge in [-0.25, -0.2) is 0 Å². The molecule has 1 aliphatic heterocycles. The van der Waals surface area contributed by atoms with Crippen molar-refractivity contribution in [2.75, 3.05) is 40.1 Å². The van der Waals surface area contributed by atoms with E-state index in [1.54, 1.807) is 7.11 Å². The maximum Gasteiger partial charge on any atom is 0.314 e. The van der Waals surface area contributed by atoms with Crippen LogP contribution in [-0.2, 0) is 23.7 Å². The average molecular weight is 396 g/mol. The van der Waals surface area contributed by atoms with Crippen LogP contribution in [0.1, 0.15) is 24.0 Å². The Kier molecular flexibility index (Phi) is 6.28. The maximum atomic E-state index is 12.4. The first-order chi connectivity index (χ1) is 14.2. The summed E-state index contributed by atoms with van der Waals surface area (Å²) in [6.07, 6.45) is -0.132. The van der Waals surface area contributed by atoms with E-state index in [2.05, 4.69) is 55.5 Å². The monoisotopic (exact) mass is 396 g/mol. The van der Waals surface area contributed by atoms with E-state index in [4.69, 9.17) is 18.9 Å². The van der Waals surface area contributed by atoms with Gasteiger partial charge in [0.2, 0.25) is 0 Å². The van der Waals surface area contributed by atoms with Crippen LogP contribution in [0.15, 0.2) is 48.5 Å². The van der Waals surface area contributed by atoms with E-state index in [0.29, 0.717) is 32.3 Å². The van der Waals surface area contributed by atoms with Crippen molar-refractivity contribution in [1.29, 1.82) is 0 Å². The number of ether oxygens (including phenoxy) is 4. The molecule has 2 aliphatic rings. The highest BCUT2D eigenvalue weighted by molar-refractivity contribution is 5.78. The average Bonchev–Trinajstić information content (AvgIpc) is 3.04. The molecule has 2 unspecified atom stereocenters. The third kappa shape index (κ3) is 4.22. The van der Waals surface area contributed by atoms with Gasteiger partial charge in [-0.05, 0) is 28.2 Å². The fourth-order valence-corrected chi connectivity index (χ4v) is 4.23. The molecular formula is C24H28O5. The number of hydrogen-bond acceptors (Lipinski definition) is 5. The van der Waals surface area contributed by atoms with Gasteiger partial charge in [0.15, 0.2) is 0 Å². The second kappa shape index (κ2) is 9.08. The number of methoxy groups -OCH3 is 1.